The maximum Gasteiger partial charge on any atom is 0.199 e. The summed E-state index contributed by atoms with van der Waals surface area (Å²) >= 11 is 0. The third-order valence-corrected chi connectivity index (χ3v) is 2.43. The maximum atomic E-state index is 4.56. The van der Waals surface area contributed by atoms with E-state index in [1.165, 1.54) is 0 Å². The minimum atomic E-state index is 0.0236. The number of aryl methyl sites for hydroxylation is 1. The van der Waals surface area contributed by atoms with Crippen LogP contribution in [0.15, 0.2) is 6.20 Å². The highest BCUT2D eigenvalue weighted by atomic mass is 15.2. The van der Waals surface area contributed by atoms with Crippen molar-refractivity contribution in [2.45, 2.75) is 39.5 Å². The van der Waals surface area contributed by atoms with Gasteiger partial charge in [-0.1, -0.05) is 27.7 Å². The summed E-state index contributed by atoms with van der Waals surface area (Å²) < 4.78 is 0. The lowest BCUT2D eigenvalue weighted by Gasteiger charge is -2.15. The Balaban J connectivity index is 2.67. The van der Waals surface area contributed by atoms with Gasteiger partial charge in [-0.25, -0.2) is 9.97 Å². The molecule has 2 aromatic rings. The zero-order chi connectivity index (χ0) is 11.1. The molecule has 0 saturated carbocycles. The normalized spacial score (nSPS) is 12.3. The highest BCUT2D eigenvalue weighted by molar-refractivity contribution is 5.73. The molecule has 0 bridgehead atoms. The lowest BCUT2D eigenvalue weighted by atomic mass is 9.92. The van der Waals surface area contributed by atoms with Gasteiger partial charge in [-0.05, 0) is 6.42 Å². The van der Waals surface area contributed by atoms with Gasteiger partial charge in [0.2, 0.25) is 0 Å². The van der Waals surface area contributed by atoms with E-state index in [1.54, 1.807) is 6.20 Å². The van der Waals surface area contributed by atoms with Crippen molar-refractivity contribution in [3.63, 3.8) is 0 Å². The fourth-order valence-electron chi connectivity index (χ4n) is 1.52. The van der Waals surface area contributed by atoms with E-state index in [2.05, 4.69) is 47.9 Å². The lowest BCUT2D eigenvalue weighted by molar-refractivity contribution is 0.570. The second-order valence-corrected chi connectivity index (χ2v) is 4.74. The van der Waals surface area contributed by atoms with Gasteiger partial charge < -0.3 is 0 Å². The first-order valence-electron chi connectivity index (χ1n) is 5.23. The molecule has 2 aromatic heterocycles. The molecule has 0 aliphatic heterocycles. The first-order chi connectivity index (χ1) is 7.02. The summed E-state index contributed by atoms with van der Waals surface area (Å²) in [5, 5.41) is 7.19. The van der Waals surface area contributed by atoms with Gasteiger partial charge >= 0.3 is 0 Å². The van der Waals surface area contributed by atoms with Crippen LogP contribution in [0.25, 0.3) is 11.2 Å². The number of hydrogen-bond donors (Lipinski definition) is 1. The first-order valence-corrected chi connectivity index (χ1v) is 5.23. The molecule has 0 aliphatic rings. The average Bonchev–Trinajstić information content (AvgIpc) is 2.59. The number of hydrogen-bond acceptors (Lipinski definition) is 3. The van der Waals surface area contributed by atoms with Crippen LogP contribution in [0.1, 0.15) is 39.1 Å². The van der Waals surface area contributed by atoms with E-state index in [4.69, 9.17) is 0 Å². The molecule has 0 radical (unpaired) electrons. The smallest absolute Gasteiger partial charge is 0.199 e. The minimum Gasteiger partial charge on any atom is -0.278 e. The Morgan fingerprint density at radius 2 is 2.07 bits per heavy atom. The van der Waals surface area contributed by atoms with E-state index in [0.717, 1.165) is 23.3 Å². The standard InChI is InChI=1S/C11H16N4/c1-5-7-6-12-10-8(13-7)9(14-15-10)11(2,3)4/h6H,5H2,1-4H3,(H,12,14,15). The van der Waals surface area contributed by atoms with Crippen molar-refractivity contribution in [1.29, 1.82) is 0 Å². The topological polar surface area (TPSA) is 54.5 Å². The van der Waals surface area contributed by atoms with E-state index in [-0.39, 0.29) is 5.41 Å². The predicted octanol–water partition coefficient (Wildman–Crippen LogP) is 2.21. The zero-order valence-corrected chi connectivity index (χ0v) is 9.63. The van der Waals surface area contributed by atoms with Crippen molar-refractivity contribution in [1.82, 2.24) is 20.2 Å². The van der Waals surface area contributed by atoms with Gasteiger partial charge in [-0.3, -0.25) is 5.10 Å². The van der Waals surface area contributed by atoms with Gasteiger partial charge in [0, 0.05) is 5.41 Å². The predicted molar refractivity (Wildman–Crippen MR) is 59.8 cm³/mol. The SMILES string of the molecule is CCc1cnc2n[nH]c(C(C)(C)C)c2n1. The molecule has 0 spiro atoms. The molecule has 0 fully saturated rings. The molecule has 15 heavy (non-hydrogen) atoms. The van der Waals surface area contributed by atoms with Crippen molar-refractivity contribution in [3.8, 4) is 0 Å². The Morgan fingerprint density at radius 1 is 1.33 bits per heavy atom. The molecular weight excluding hydrogens is 188 g/mol. The van der Waals surface area contributed by atoms with Crippen LogP contribution >= 0.6 is 0 Å². The average molecular weight is 204 g/mol. The first kappa shape index (κ1) is 10.1. The van der Waals surface area contributed by atoms with Crippen molar-refractivity contribution < 1.29 is 0 Å². The third kappa shape index (κ3) is 1.71. The second-order valence-electron chi connectivity index (χ2n) is 4.74. The van der Waals surface area contributed by atoms with Gasteiger partial charge in [0.25, 0.3) is 0 Å². The minimum absolute atomic E-state index is 0.0236. The summed E-state index contributed by atoms with van der Waals surface area (Å²) in [5.74, 6) is 0. The number of rotatable bonds is 1. The summed E-state index contributed by atoms with van der Waals surface area (Å²) in [7, 11) is 0. The molecule has 0 saturated heterocycles. The second kappa shape index (κ2) is 3.29. The van der Waals surface area contributed by atoms with Crippen molar-refractivity contribution in [2.75, 3.05) is 0 Å². The molecule has 80 valence electrons. The molecule has 0 aliphatic carbocycles. The van der Waals surface area contributed by atoms with Crippen LogP contribution in [0.4, 0.5) is 0 Å². The van der Waals surface area contributed by atoms with Gasteiger partial charge in [0.15, 0.2) is 5.65 Å². The van der Waals surface area contributed by atoms with Gasteiger partial charge in [0.05, 0.1) is 17.6 Å². The van der Waals surface area contributed by atoms with E-state index in [0.29, 0.717) is 5.65 Å². The molecular formula is C11H16N4. The molecule has 0 amide bonds. The number of H-pyrrole nitrogens is 1. The van der Waals surface area contributed by atoms with E-state index in [1.807, 2.05) is 0 Å². The zero-order valence-electron chi connectivity index (χ0n) is 9.63. The Labute approximate surface area is 89.1 Å². The van der Waals surface area contributed by atoms with Crippen LogP contribution in [-0.4, -0.2) is 20.2 Å². The van der Waals surface area contributed by atoms with Gasteiger partial charge in [-0.2, -0.15) is 5.10 Å². The Hall–Kier alpha value is -1.45. The molecule has 0 atom stereocenters. The molecule has 0 unspecified atom stereocenters. The van der Waals surface area contributed by atoms with Crippen molar-refractivity contribution in [2.24, 2.45) is 0 Å². The molecule has 4 heteroatoms. The van der Waals surface area contributed by atoms with E-state index >= 15 is 0 Å². The summed E-state index contributed by atoms with van der Waals surface area (Å²) in [6.45, 7) is 8.49. The molecule has 0 aromatic carbocycles. The maximum absolute atomic E-state index is 4.56. The number of nitrogens with one attached hydrogen (secondary N) is 1. The summed E-state index contributed by atoms with van der Waals surface area (Å²) in [6, 6.07) is 0. The Morgan fingerprint density at radius 3 is 2.67 bits per heavy atom. The van der Waals surface area contributed by atoms with Crippen LogP contribution in [0.5, 0.6) is 0 Å². The number of fused-ring (bicyclic) bond motifs is 1. The third-order valence-electron chi connectivity index (χ3n) is 2.43. The van der Waals surface area contributed by atoms with E-state index < -0.39 is 0 Å². The fraction of sp³-hybridized carbons (Fsp3) is 0.545. The number of aromatic amines is 1. The van der Waals surface area contributed by atoms with Crippen LogP contribution in [-0.2, 0) is 11.8 Å². The molecule has 4 nitrogen and oxygen atoms in total. The van der Waals surface area contributed by atoms with Crippen LogP contribution in [0, 0.1) is 0 Å². The highest BCUT2D eigenvalue weighted by Crippen LogP contribution is 2.25. The lowest BCUT2D eigenvalue weighted by Crippen LogP contribution is -2.12. The largest absolute Gasteiger partial charge is 0.278 e. The van der Waals surface area contributed by atoms with Crippen LogP contribution in [0.2, 0.25) is 0 Å². The Kier molecular flexibility index (Phi) is 2.21. The number of aromatic nitrogens is 4. The molecule has 1 N–H and O–H groups in total. The summed E-state index contributed by atoms with van der Waals surface area (Å²) in [6.07, 6.45) is 2.69. The van der Waals surface area contributed by atoms with Crippen molar-refractivity contribution in [3.05, 3.63) is 17.6 Å². The van der Waals surface area contributed by atoms with Crippen LogP contribution in [0.3, 0.4) is 0 Å². The number of nitrogens with zero attached hydrogens (tertiary/aromatic N) is 3. The fourth-order valence-corrected chi connectivity index (χ4v) is 1.52. The molecule has 2 rings (SSSR count). The summed E-state index contributed by atoms with van der Waals surface area (Å²) in [5.41, 5.74) is 3.70. The van der Waals surface area contributed by atoms with Gasteiger partial charge in [-0.15, -0.1) is 0 Å². The Bertz CT molecular complexity index is 479. The van der Waals surface area contributed by atoms with Gasteiger partial charge in [0.1, 0.15) is 5.52 Å². The molecule has 2 heterocycles. The summed E-state index contributed by atoms with van der Waals surface area (Å²) in [4.78, 5) is 8.85. The monoisotopic (exact) mass is 204 g/mol. The van der Waals surface area contributed by atoms with E-state index in [9.17, 15) is 0 Å². The van der Waals surface area contributed by atoms with Crippen LogP contribution < -0.4 is 0 Å². The van der Waals surface area contributed by atoms with Crippen molar-refractivity contribution >= 4 is 11.2 Å². The highest BCUT2D eigenvalue weighted by Gasteiger charge is 2.21. The quantitative estimate of drug-likeness (QED) is 0.774.